The lowest BCUT2D eigenvalue weighted by molar-refractivity contribution is -0.690. The first-order valence-corrected chi connectivity index (χ1v) is 7.52. The molecular weight excluding hydrogens is 196 g/mol. The molecule has 0 amide bonds. The zero-order valence-corrected chi connectivity index (χ0v) is 10.7. The van der Waals surface area contributed by atoms with Crippen LogP contribution in [0, 0.1) is 0 Å². The van der Waals surface area contributed by atoms with Crippen LogP contribution in [-0.2, 0) is 0 Å². The van der Waals surface area contributed by atoms with Crippen LogP contribution in [0.4, 0.5) is 0 Å². The van der Waals surface area contributed by atoms with Gasteiger partial charge in [0.15, 0.2) is 0 Å². The third-order valence-corrected chi connectivity index (χ3v) is 4.33. The van der Waals surface area contributed by atoms with Crippen LogP contribution in [0.15, 0.2) is 0 Å². The van der Waals surface area contributed by atoms with E-state index in [9.17, 15) is 0 Å². The molecular formula is C14H29N2+. The molecule has 3 N–H and O–H groups in total. The predicted molar refractivity (Wildman–Crippen MR) is 68.5 cm³/mol. The fourth-order valence-electron chi connectivity index (χ4n) is 3.28. The highest BCUT2D eigenvalue weighted by atomic mass is 15.0. The Morgan fingerprint density at radius 1 is 0.812 bits per heavy atom. The Labute approximate surface area is 101 Å². The molecule has 2 aliphatic rings. The summed E-state index contributed by atoms with van der Waals surface area (Å²) in [6, 6.07) is 1.79. The zero-order chi connectivity index (χ0) is 11.1. The van der Waals surface area contributed by atoms with Gasteiger partial charge in [0.05, 0.1) is 12.6 Å². The topological polar surface area (TPSA) is 28.6 Å². The predicted octanol–water partition coefficient (Wildman–Crippen LogP) is 1.80. The molecule has 94 valence electrons. The molecule has 0 aromatic carbocycles. The smallest absolute Gasteiger partial charge is 0.0884 e. The lowest BCUT2D eigenvalue weighted by Gasteiger charge is -2.24. The highest BCUT2D eigenvalue weighted by molar-refractivity contribution is 4.71. The first kappa shape index (κ1) is 12.4. The lowest BCUT2D eigenvalue weighted by Crippen LogP contribution is -2.91. The maximum absolute atomic E-state index is 3.73. The average molecular weight is 225 g/mol. The van der Waals surface area contributed by atoms with E-state index in [-0.39, 0.29) is 0 Å². The van der Waals surface area contributed by atoms with Crippen LogP contribution in [0.1, 0.15) is 64.2 Å². The minimum atomic E-state index is 0.841. The van der Waals surface area contributed by atoms with E-state index >= 15 is 0 Å². The highest BCUT2D eigenvalue weighted by Gasteiger charge is 2.16. The SMILES string of the molecule is C1CCC(NCC[NH2+]C2CCCCC2)CC1. The molecule has 0 saturated heterocycles. The van der Waals surface area contributed by atoms with Crippen LogP contribution < -0.4 is 10.6 Å². The second-order valence-electron chi connectivity index (χ2n) is 5.71. The van der Waals surface area contributed by atoms with Crippen molar-refractivity contribution in [2.75, 3.05) is 13.1 Å². The minimum Gasteiger partial charge on any atom is -0.343 e. The van der Waals surface area contributed by atoms with Crippen molar-refractivity contribution in [1.29, 1.82) is 0 Å². The minimum absolute atomic E-state index is 0.841. The van der Waals surface area contributed by atoms with Crippen molar-refractivity contribution in [2.45, 2.75) is 76.3 Å². The first-order chi connectivity index (χ1) is 7.95. The fraction of sp³-hybridized carbons (Fsp3) is 1.00. The van der Waals surface area contributed by atoms with Crippen LogP contribution in [0.5, 0.6) is 0 Å². The van der Waals surface area contributed by atoms with Gasteiger partial charge >= 0.3 is 0 Å². The Kier molecular flexibility index (Phi) is 5.64. The largest absolute Gasteiger partial charge is 0.343 e. The van der Waals surface area contributed by atoms with Crippen molar-refractivity contribution in [2.24, 2.45) is 0 Å². The fourth-order valence-corrected chi connectivity index (χ4v) is 3.28. The molecule has 16 heavy (non-hydrogen) atoms. The molecule has 0 unspecified atom stereocenters. The van der Waals surface area contributed by atoms with Crippen LogP contribution in [0.25, 0.3) is 0 Å². The van der Waals surface area contributed by atoms with Gasteiger partial charge in [-0.2, -0.15) is 0 Å². The van der Waals surface area contributed by atoms with Crippen LogP contribution in [0.2, 0.25) is 0 Å². The van der Waals surface area contributed by atoms with E-state index in [0.717, 1.165) is 12.1 Å². The molecule has 0 aromatic heterocycles. The van der Waals surface area contributed by atoms with Crippen molar-refractivity contribution in [3.63, 3.8) is 0 Å². The van der Waals surface area contributed by atoms with Gasteiger partial charge in [-0.3, -0.25) is 0 Å². The Balaban J connectivity index is 1.47. The molecule has 2 rings (SSSR count). The van der Waals surface area contributed by atoms with Gasteiger partial charge in [0.2, 0.25) is 0 Å². The molecule has 0 bridgehead atoms. The summed E-state index contributed by atoms with van der Waals surface area (Å²) < 4.78 is 0. The van der Waals surface area contributed by atoms with Crippen molar-refractivity contribution < 1.29 is 5.32 Å². The van der Waals surface area contributed by atoms with Crippen LogP contribution in [0.3, 0.4) is 0 Å². The van der Waals surface area contributed by atoms with Gasteiger partial charge in [-0.05, 0) is 38.5 Å². The summed E-state index contributed by atoms with van der Waals surface area (Å²) in [5.41, 5.74) is 0. The number of hydrogen-bond donors (Lipinski definition) is 2. The Hall–Kier alpha value is -0.0800. The molecule has 2 fully saturated rings. The van der Waals surface area contributed by atoms with Crippen molar-refractivity contribution >= 4 is 0 Å². The molecule has 0 spiro atoms. The van der Waals surface area contributed by atoms with E-state index in [1.165, 1.54) is 77.3 Å². The van der Waals surface area contributed by atoms with E-state index in [0.29, 0.717) is 0 Å². The van der Waals surface area contributed by atoms with Gasteiger partial charge in [-0.15, -0.1) is 0 Å². The molecule has 0 aliphatic heterocycles. The quantitative estimate of drug-likeness (QED) is 0.686. The standard InChI is InChI=1S/C14H28N2/c1-3-7-13(8-4-1)15-11-12-16-14-9-5-2-6-10-14/h13-16H,1-12H2/p+1. The summed E-state index contributed by atoms with van der Waals surface area (Å²) in [6.07, 6.45) is 14.5. The highest BCUT2D eigenvalue weighted by Crippen LogP contribution is 2.17. The van der Waals surface area contributed by atoms with E-state index in [2.05, 4.69) is 10.6 Å². The zero-order valence-electron chi connectivity index (χ0n) is 10.7. The van der Waals surface area contributed by atoms with Crippen molar-refractivity contribution in [1.82, 2.24) is 5.32 Å². The van der Waals surface area contributed by atoms with Crippen molar-refractivity contribution in [3.8, 4) is 0 Å². The normalized spacial score (nSPS) is 24.8. The average Bonchev–Trinajstić information content (AvgIpc) is 2.37. The molecule has 0 atom stereocenters. The summed E-state index contributed by atoms with van der Waals surface area (Å²) in [6.45, 7) is 2.52. The van der Waals surface area contributed by atoms with Gasteiger partial charge < -0.3 is 10.6 Å². The van der Waals surface area contributed by atoms with Gasteiger partial charge in [0.25, 0.3) is 0 Å². The molecule has 2 heteroatoms. The molecule has 0 heterocycles. The lowest BCUT2D eigenvalue weighted by atomic mass is 9.95. The van der Waals surface area contributed by atoms with E-state index in [1.54, 1.807) is 0 Å². The van der Waals surface area contributed by atoms with Crippen LogP contribution >= 0.6 is 0 Å². The van der Waals surface area contributed by atoms with E-state index in [1.807, 2.05) is 0 Å². The summed E-state index contributed by atoms with van der Waals surface area (Å²) in [5, 5.41) is 6.32. The third kappa shape index (κ3) is 4.42. The van der Waals surface area contributed by atoms with E-state index in [4.69, 9.17) is 0 Å². The summed E-state index contributed by atoms with van der Waals surface area (Å²) in [7, 11) is 0. The molecule has 2 nitrogen and oxygen atoms in total. The summed E-state index contributed by atoms with van der Waals surface area (Å²) in [4.78, 5) is 0. The van der Waals surface area contributed by atoms with Crippen molar-refractivity contribution in [3.05, 3.63) is 0 Å². The van der Waals surface area contributed by atoms with Gasteiger partial charge in [0.1, 0.15) is 0 Å². The number of nitrogens with two attached hydrogens (primary N) is 1. The van der Waals surface area contributed by atoms with Gasteiger partial charge in [-0.25, -0.2) is 0 Å². The number of rotatable bonds is 5. The molecule has 2 aliphatic carbocycles. The molecule has 2 saturated carbocycles. The maximum Gasteiger partial charge on any atom is 0.0884 e. The second kappa shape index (κ2) is 7.29. The number of nitrogens with one attached hydrogen (secondary N) is 1. The second-order valence-corrected chi connectivity index (χ2v) is 5.71. The van der Waals surface area contributed by atoms with Gasteiger partial charge in [-0.1, -0.05) is 25.7 Å². The van der Waals surface area contributed by atoms with E-state index < -0.39 is 0 Å². The summed E-state index contributed by atoms with van der Waals surface area (Å²) >= 11 is 0. The number of hydrogen-bond acceptors (Lipinski definition) is 1. The third-order valence-electron chi connectivity index (χ3n) is 4.33. The van der Waals surface area contributed by atoms with Gasteiger partial charge in [0, 0.05) is 12.6 Å². The number of quaternary nitrogens is 1. The Bertz CT molecular complexity index is 150. The monoisotopic (exact) mass is 225 g/mol. The Morgan fingerprint density at radius 3 is 2.12 bits per heavy atom. The van der Waals surface area contributed by atoms with Crippen LogP contribution in [-0.4, -0.2) is 25.2 Å². The Morgan fingerprint density at radius 2 is 1.44 bits per heavy atom. The summed E-state index contributed by atoms with van der Waals surface area (Å²) in [5.74, 6) is 0. The first-order valence-electron chi connectivity index (χ1n) is 7.52. The molecule has 0 radical (unpaired) electrons. The maximum atomic E-state index is 3.73. The molecule has 0 aromatic rings.